The predicted molar refractivity (Wildman–Crippen MR) is 78.2 cm³/mol. The topological polar surface area (TPSA) is 95.2 Å². The third kappa shape index (κ3) is 3.67. The van der Waals surface area contributed by atoms with Gasteiger partial charge < -0.3 is 10.3 Å². The van der Waals surface area contributed by atoms with Crippen LogP contribution < -0.4 is 5.32 Å². The van der Waals surface area contributed by atoms with Crippen LogP contribution in [0, 0.1) is 6.92 Å². The zero-order valence-corrected chi connectivity index (χ0v) is 12.5. The van der Waals surface area contributed by atoms with E-state index >= 15 is 0 Å². The lowest BCUT2D eigenvalue weighted by Crippen LogP contribution is -2.35. The van der Waals surface area contributed by atoms with E-state index in [0.717, 1.165) is 4.31 Å². The molecule has 0 aliphatic heterocycles. The highest BCUT2D eigenvalue weighted by atomic mass is 32.2. The monoisotopic (exact) mass is 308 g/mol. The van der Waals surface area contributed by atoms with E-state index in [9.17, 15) is 13.2 Å². The molecule has 7 nitrogen and oxygen atoms in total. The molecule has 0 spiro atoms. The van der Waals surface area contributed by atoms with Gasteiger partial charge in [0.1, 0.15) is 5.82 Å². The van der Waals surface area contributed by atoms with Gasteiger partial charge in [-0.1, -0.05) is 18.2 Å². The zero-order valence-electron chi connectivity index (χ0n) is 11.7. The number of likely N-dealkylation sites (N-methyl/N-ethyl adjacent to an activating group) is 1. The number of anilines is 1. The molecule has 1 amide bonds. The smallest absolute Gasteiger partial charge is 0.260 e. The fourth-order valence-corrected chi connectivity index (χ4v) is 2.79. The van der Waals surface area contributed by atoms with Crippen molar-refractivity contribution in [3.05, 3.63) is 42.4 Å². The number of benzene rings is 1. The molecule has 0 radical (unpaired) electrons. The number of H-pyrrole nitrogens is 1. The summed E-state index contributed by atoms with van der Waals surface area (Å²) in [6.07, 6.45) is 1.23. The average molecular weight is 308 g/mol. The molecule has 0 aliphatic rings. The number of hydrogen-bond acceptors (Lipinski definition) is 4. The number of para-hydroxylation sites is 1. The maximum atomic E-state index is 12.2. The van der Waals surface area contributed by atoms with Crippen LogP contribution in [0.15, 0.2) is 41.6 Å². The first-order chi connectivity index (χ1) is 9.89. The highest BCUT2D eigenvalue weighted by molar-refractivity contribution is 7.89. The van der Waals surface area contributed by atoms with E-state index in [1.54, 1.807) is 31.2 Å². The predicted octanol–water partition coefficient (Wildman–Crippen LogP) is 0.977. The van der Waals surface area contributed by atoms with Crippen molar-refractivity contribution in [3.63, 3.8) is 0 Å². The number of carbonyl (C=O) groups excluding carboxylic acids is 1. The molecule has 1 aromatic heterocycles. The van der Waals surface area contributed by atoms with Crippen LogP contribution in [-0.4, -0.2) is 42.2 Å². The van der Waals surface area contributed by atoms with E-state index < -0.39 is 15.9 Å². The molecule has 8 heteroatoms. The lowest BCUT2D eigenvalue weighted by atomic mass is 10.3. The van der Waals surface area contributed by atoms with Gasteiger partial charge in [0.25, 0.3) is 10.0 Å². The largest absolute Gasteiger partial charge is 0.332 e. The standard InChI is InChI=1S/C13H16N4O3S/c1-10-14-8-13(15-10)21(19,20)17(2)9-12(18)16-11-6-4-3-5-7-11/h3-8H,9H2,1-2H3,(H,14,15)(H,16,18). The van der Waals surface area contributed by atoms with Gasteiger partial charge in [-0.3, -0.25) is 4.79 Å². The van der Waals surface area contributed by atoms with Crippen molar-refractivity contribution in [2.45, 2.75) is 11.9 Å². The number of aromatic nitrogens is 2. The van der Waals surface area contributed by atoms with Gasteiger partial charge in [-0.15, -0.1) is 0 Å². The van der Waals surface area contributed by atoms with Crippen molar-refractivity contribution in [2.24, 2.45) is 0 Å². The number of aromatic amines is 1. The van der Waals surface area contributed by atoms with Gasteiger partial charge >= 0.3 is 0 Å². The van der Waals surface area contributed by atoms with Crippen LogP contribution in [0.2, 0.25) is 0 Å². The van der Waals surface area contributed by atoms with Crippen molar-refractivity contribution >= 4 is 21.6 Å². The van der Waals surface area contributed by atoms with Gasteiger partial charge in [0, 0.05) is 12.7 Å². The lowest BCUT2D eigenvalue weighted by molar-refractivity contribution is -0.116. The molecule has 0 saturated heterocycles. The molecule has 112 valence electrons. The molecule has 1 heterocycles. The van der Waals surface area contributed by atoms with Crippen LogP contribution in [0.5, 0.6) is 0 Å². The number of imidazole rings is 1. The van der Waals surface area contributed by atoms with E-state index in [-0.39, 0.29) is 11.6 Å². The molecule has 0 aliphatic carbocycles. The maximum Gasteiger partial charge on any atom is 0.260 e. The van der Waals surface area contributed by atoms with Gasteiger partial charge in [-0.25, -0.2) is 13.4 Å². The zero-order chi connectivity index (χ0) is 15.5. The third-order valence-corrected chi connectivity index (χ3v) is 4.50. The molecular weight excluding hydrogens is 292 g/mol. The van der Waals surface area contributed by atoms with E-state index in [1.165, 1.54) is 13.2 Å². The second-order valence-electron chi connectivity index (χ2n) is 4.51. The number of carbonyl (C=O) groups is 1. The second-order valence-corrected chi connectivity index (χ2v) is 6.52. The fourth-order valence-electron chi connectivity index (χ4n) is 1.71. The number of amides is 1. The fraction of sp³-hybridized carbons (Fsp3) is 0.231. The Labute approximate surface area is 123 Å². The first kappa shape index (κ1) is 15.2. The van der Waals surface area contributed by atoms with E-state index in [0.29, 0.717) is 11.5 Å². The normalized spacial score (nSPS) is 11.6. The Morgan fingerprint density at radius 1 is 1.33 bits per heavy atom. The molecule has 0 bridgehead atoms. The molecule has 2 aromatic rings. The van der Waals surface area contributed by atoms with Gasteiger partial charge in [0.05, 0.1) is 12.7 Å². The minimum absolute atomic E-state index is 0.0324. The second kappa shape index (κ2) is 6.06. The van der Waals surface area contributed by atoms with Crippen molar-refractivity contribution in [2.75, 3.05) is 18.9 Å². The summed E-state index contributed by atoms with van der Waals surface area (Å²) in [6.45, 7) is 1.37. The Hall–Kier alpha value is -2.19. The van der Waals surface area contributed by atoms with Crippen molar-refractivity contribution in [1.82, 2.24) is 14.3 Å². The maximum absolute atomic E-state index is 12.2. The third-order valence-electron chi connectivity index (χ3n) is 2.79. The Kier molecular flexibility index (Phi) is 4.39. The van der Waals surface area contributed by atoms with Crippen LogP contribution in [-0.2, 0) is 14.8 Å². The Bertz CT molecular complexity index is 725. The summed E-state index contributed by atoms with van der Waals surface area (Å²) in [5.41, 5.74) is 0.616. The quantitative estimate of drug-likeness (QED) is 0.860. The summed E-state index contributed by atoms with van der Waals surface area (Å²) >= 11 is 0. The lowest BCUT2D eigenvalue weighted by Gasteiger charge is -2.15. The van der Waals surface area contributed by atoms with Crippen molar-refractivity contribution < 1.29 is 13.2 Å². The summed E-state index contributed by atoms with van der Waals surface area (Å²) < 4.78 is 25.4. The van der Waals surface area contributed by atoms with Crippen molar-refractivity contribution in [3.8, 4) is 0 Å². The molecule has 0 saturated carbocycles. The highest BCUT2D eigenvalue weighted by Crippen LogP contribution is 2.12. The number of nitrogens with zero attached hydrogens (tertiary/aromatic N) is 2. The molecule has 1 aromatic carbocycles. The van der Waals surface area contributed by atoms with Crippen LogP contribution in [0.4, 0.5) is 5.69 Å². The van der Waals surface area contributed by atoms with Gasteiger partial charge in [-0.2, -0.15) is 4.31 Å². The van der Waals surface area contributed by atoms with Crippen LogP contribution in [0.1, 0.15) is 5.82 Å². The summed E-state index contributed by atoms with van der Waals surface area (Å²) in [5, 5.41) is 2.60. The van der Waals surface area contributed by atoms with Gasteiger partial charge in [0.2, 0.25) is 5.91 Å². The Balaban J connectivity index is 2.04. The molecule has 21 heavy (non-hydrogen) atoms. The van der Waals surface area contributed by atoms with E-state index in [4.69, 9.17) is 0 Å². The van der Waals surface area contributed by atoms with E-state index in [1.807, 2.05) is 6.07 Å². The average Bonchev–Trinajstić information content (AvgIpc) is 2.87. The first-order valence-electron chi connectivity index (χ1n) is 6.22. The highest BCUT2D eigenvalue weighted by Gasteiger charge is 2.24. The Morgan fingerprint density at radius 2 is 2.00 bits per heavy atom. The minimum atomic E-state index is -3.75. The van der Waals surface area contributed by atoms with Crippen LogP contribution in [0.3, 0.4) is 0 Å². The summed E-state index contributed by atoms with van der Waals surface area (Å²) in [6, 6.07) is 8.84. The minimum Gasteiger partial charge on any atom is -0.332 e. The molecule has 2 N–H and O–H groups in total. The van der Waals surface area contributed by atoms with Gasteiger partial charge in [-0.05, 0) is 19.1 Å². The molecule has 2 rings (SSSR count). The van der Waals surface area contributed by atoms with Crippen molar-refractivity contribution in [1.29, 1.82) is 0 Å². The van der Waals surface area contributed by atoms with E-state index in [2.05, 4.69) is 15.3 Å². The number of nitrogens with one attached hydrogen (secondary N) is 2. The van der Waals surface area contributed by atoms with Crippen LogP contribution in [0.25, 0.3) is 0 Å². The number of hydrogen-bond donors (Lipinski definition) is 2. The van der Waals surface area contributed by atoms with Gasteiger partial charge in [0.15, 0.2) is 5.03 Å². The van der Waals surface area contributed by atoms with Crippen LogP contribution >= 0.6 is 0 Å². The Morgan fingerprint density at radius 3 is 2.57 bits per heavy atom. The summed E-state index contributed by atoms with van der Waals surface area (Å²) in [7, 11) is -2.41. The number of sulfonamides is 1. The summed E-state index contributed by atoms with van der Waals surface area (Å²) in [5.74, 6) is 0.0826. The molecular formula is C13H16N4O3S. The SMILES string of the molecule is Cc1ncc(S(=O)(=O)N(C)CC(=O)Nc2ccccc2)[nH]1. The number of aryl methyl sites for hydroxylation is 1. The first-order valence-corrected chi connectivity index (χ1v) is 7.66. The number of rotatable bonds is 5. The molecule has 0 unspecified atom stereocenters. The molecule has 0 fully saturated rings. The summed E-state index contributed by atoms with van der Waals surface area (Å²) in [4.78, 5) is 18.4. The molecule has 0 atom stereocenters.